The van der Waals surface area contributed by atoms with Crippen LogP contribution in [0.15, 0.2) is 30.3 Å². The molecule has 1 aromatic carbocycles. The van der Waals surface area contributed by atoms with Crippen LogP contribution in [-0.2, 0) is 14.6 Å². The monoisotopic (exact) mass is 230 g/mol. The molecule has 1 rings (SSSR count). The fourth-order valence-electron chi connectivity index (χ4n) is 0.923. The summed E-state index contributed by atoms with van der Waals surface area (Å²) in [7, 11) is -3.91. The van der Waals surface area contributed by atoms with Crippen molar-refractivity contribution in [3.8, 4) is 5.75 Å². The molecule has 0 N–H and O–H groups in total. The summed E-state index contributed by atoms with van der Waals surface area (Å²) in [6.45, 7) is 2.11. The summed E-state index contributed by atoms with van der Waals surface area (Å²) in [6, 6.07) is 8.27. The van der Waals surface area contributed by atoms with Gasteiger partial charge in [-0.15, -0.1) is 0 Å². The molecule has 0 unspecified atom stereocenters. The number of rotatable bonds is 6. The average molecular weight is 230 g/mol. The van der Waals surface area contributed by atoms with Crippen LogP contribution in [0.5, 0.6) is 5.75 Å². The molecule has 0 aliphatic carbocycles. The normalized spacial score (nSPS) is 11.3. The molecule has 5 heteroatoms. The van der Waals surface area contributed by atoms with Crippen molar-refractivity contribution in [2.24, 2.45) is 0 Å². The smallest absolute Gasteiger partial charge is 0.362 e. The van der Waals surface area contributed by atoms with Gasteiger partial charge in [-0.1, -0.05) is 31.5 Å². The van der Waals surface area contributed by atoms with Gasteiger partial charge in [-0.25, -0.2) is 4.18 Å². The van der Waals surface area contributed by atoms with Gasteiger partial charge < -0.3 is 4.18 Å². The number of hydrogen-bond acceptors (Lipinski definition) is 4. The first-order valence-electron chi connectivity index (χ1n) is 4.78. The van der Waals surface area contributed by atoms with Gasteiger partial charge in [-0.05, 0) is 18.6 Å². The molecule has 0 saturated carbocycles. The van der Waals surface area contributed by atoms with Gasteiger partial charge in [0, 0.05) is 0 Å². The van der Waals surface area contributed by atoms with E-state index in [1.807, 2.05) is 6.92 Å². The van der Waals surface area contributed by atoms with Crippen LogP contribution in [0.3, 0.4) is 0 Å². The maximum Gasteiger partial charge on any atom is 0.449 e. The lowest BCUT2D eigenvalue weighted by Crippen LogP contribution is -2.13. The Morgan fingerprint density at radius 1 is 1.20 bits per heavy atom. The highest BCUT2D eigenvalue weighted by molar-refractivity contribution is 7.82. The van der Waals surface area contributed by atoms with Crippen molar-refractivity contribution in [3.05, 3.63) is 30.3 Å². The Bertz CT molecular complexity index is 372. The second-order valence-electron chi connectivity index (χ2n) is 2.98. The standard InChI is InChI=1S/C10H14O4S/c1-2-3-9-13-15(11,12)14-10-7-5-4-6-8-10/h4-8H,2-3,9H2,1H3. The molecule has 15 heavy (non-hydrogen) atoms. The number of para-hydroxylation sites is 1. The van der Waals surface area contributed by atoms with E-state index >= 15 is 0 Å². The van der Waals surface area contributed by atoms with Crippen LogP contribution >= 0.6 is 0 Å². The van der Waals surface area contributed by atoms with E-state index in [0.29, 0.717) is 6.42 Å². The van der Waals surface area contributed by atoms with E-state index in [2.05, 4.69) is 4.18 Å². The molecule has 4 nitrogen and oxygen atoms in total. The Kier molecular flexibility index (Phi) is 4.58. The van der Waals surface area contributed by atoms with E-state index < -0.39 is 10.4 Å². The zero-order valence-electron chi connectivity index (χ0n) is 8.55. The fourth-order valence-corrected chi connectivity index (χ4v) is 1.64. The molecule has 0 aliphatic heterocycles. The second-order valence-corrected chi connectivity index (χ2v) is 4.20. The lowest BCUT2D eigenvalue weighted by Gasteiger charge is -2.05. The minimum Gasteiger partial charge on any atom is -0.362 e. The van der Waals surface area contributed by atoms with Crippen molar-refractivity contribution in [1.29, 1.82) is 0 Å². The zero-order valence-corrected chi connectivity index (χ0v) is 9.37. The minimum absolute atomic E-state index is 0.158. The van der Waals surface area contributed by atoms with Gasteiger partial charge in [0.05, 0.1) is 6.61 Å². The average Bonchev–Trinajstić information content (AvgIpc) is 2.18. The highest BCUT2D eigenvalue weighted by atomic mass is 32.3. The Balaban J connectivity index is 2.50. The first kappa shape index (κ1) is 12.0. The lowest BCUT2D eigenvalue weighted by molar-refractivity contribution is 0.268. The molecule has 0 saturated heterocycles. The Morgan fingerprint density at radius 3 is 2.47 bits per heavy atom. The van der Waals surface area contributed by atoms with E-state index in [9.17, 15) is 8.42 Å². The van der Waals surface area contributed by atoms with Crippen LogP contribution in [-0.4, -0.2) is 15.0 Å². The Hall–Kier alpha value is -1.07. The summed E-state index contributed by atoms with van der Waals surface area (Å²) in [6.07, 6.45) is 1.57. The van der Waals surface area contributed by atoms with Gasteiger partial charge in [0.2, 0.25) is 0 Å². The van der Waals surface area contributed by atoms with Crippen LogP contribution in [0.25, 0.3) is 0 Å². The maximum atomic E-state index is 11.2. The third-order valence-corrected chi connectivity index (χ3v) is 2.52. The van der Waals surface area contributed by atoms with Crippen LogP contribution in [0.4, 0.5) is 0 Å². The van der Waals surface area contributed by atoms with Gasteiger partial charge in [-0.2, -0.15) is 8.42 Å². The van der Waals surface area contributed by atoms with Crippen LogP contribution < -0.4 is 4.18 Å². The molecule has 0 atom stereocenters. The maximum absolute atomic E-state index is 11.2. The molecule has 0 heterocycles. The second kappa shape index (κ2) is 5.72. The van der Waals surface area contributed by atoms with Gasteiger partial charge in [0.15, 0.2) is 0 Å². The molecule has 84 valence electrons. The Labute approximate surface area is 90.2 Å². The largest absolute Gasteiger partial charge is 0.449 e. The van der Waals surface area contributed by atoms with Crippen LogP contribution in [0, 0.1) is 0 Å². The summed E-state index contributed by atoms with van der Waals surface area (Å²) >= 11 is 0. The first-order chi connectivity index (χ1) is 7.14. The SMILES string of the molecule is CCCCOS(=O)(=O)Oc1ccccc1. The summed E-state index contributed by atoms with van der Waals surface area (Å²) in [4.78, 5) is 0. The summed E-state index contributed by atoms with van der Waals surface area (Å²) < 4.78 is 31.8. The molecule has 1 aromatic rings. The lowest BCUT2D eigenvalue weighted by atomic mass is 10.3. The third kappa shape index (κ3) is 4.80. The molecule has 0 radical (unpaired) electrons. The van der Waals surface area contributed by atoms with Gasteiger partial charge in [0.25, 0.3) is 0 Å². The summed E-state index contributed by atoms with van der Waals surface area (Å²) in [5.41, 5.74) is 0. The quantitative estimate of drug-likeness (QED) is 0.702. The molecular formula is C10H14O4S. The first-order valence-corrected chi connectivity index (χ1v) is 6.11. The topological polar surface area (TPSA) is 52.6 Å². The van der Waals surface area contributed by atoms with E-state index in [1.54, 1.807) is 30.3 Å². The highest BCUT2D eigenvalue weighted by Gasteiger charge is 2.12. The van der Waals surface area contributed by atoms with Crippen molar-refractivity contribution in [2.75, 3.05) is 6.61 Å². The zero-order chi connectivity index (χ0) is 11.1. The van der Waals surface area contributed by atoms with Gasteiger partial charge in [-0.3, -0.25) is 0 Å². The fraction of sp³-hybridized carbons (Fsp3) is 0.400. The summed E-state index contributed by atoms with van der Waals surface area (Å²) in [5, 5.41) is 0. The van der Waals surface area contributed by atoms with Crippen molar-refractivity contribution < 1.29 is 16.8 Å². The molecule has 0 fully saturated rings. The number of hydrogen-bond donors (Lipinski definition) is 0. The van der Waals surface area contributed by atoms with Crippen LogP contribution in [0.1, 0.15) is 19.8 Å². The minimum atomic E-state index is -3.91. The predicted molar refractivity (Wildman–Crippen MR) is 56.8 cm³/mol. The van der Waals surface area contributed by atoms with E-state index in [4.69, 9.17) is 4.18 Å². The third-order valence-electron chi connectivity index (χ3n) is 1.67. The molecule has 0 amide bonds. The Morgan fingerprint density at radius 2 is 1.87 bits per heavy atom. The number of unbranched alkanes of at least 4 members (excludes halogenated alkanes) is 1. The molecule has 0 bridgehead atoms. The van der Waals surface area contributed by atoms with Crippen molar-refractivity contribution in [3.63, 3.8) is 0 Å². The molecule has 0 spiro atoms. The molecular weight excluding hydrogens is 216 g/mol. The van der Waals surface area contributed by atoms with Crippen molar-refractivity contribution in [1.82, 2.24) is 0 Å². The van der Waals surface area contributed by atoms with Gasteiger partial charge >= 0.3 is 10.4 Å². The van der Waals surface area contributed by atoms with Crippen molar-refractivity contribution >= 4 is 10.4 Å². The molecule has 0 aromatic heterocycles. The predicted octanol–water partition coefficient (Wildman–Crippen LogP) is 2.13. The van der Waals surface area contributed by atoms with Crippen molar-refractivity contribution in [2.45, 2.75) is 19.8 Å². The van der Waals surface area contributed by atoms with E-state index in [1.165, 1.54) is 0 Å². The highest BCUT2D eigenvalue weighted by Crippen LogP contribution is 2.12. The summed E-state index contributed by atoms with van der Waals surface area (Å²) in [5.74, 6) is 0.258. The van der Waals surface area contributed by atoms with E-state index in [0.717, 1.165) is 6.42 Å². The molecule has 0 aliphatic rings. The van der Waals surface area contributed by atoms with Crippen LogP contribution in [0.2, 0.25) is 0 Å². The number of benzene rings is 1. The van der Waals surface area contributed by atoms with E-state index in [-0.39, 0.29) is 12.4 Å². The van der Waals surface area contributed by atoms with Gasteiger partial charge in [0.1, 0.15) is 5.75 Å².